The van der Waals surface area contributed by atoms with E-state index in [9.17, 15) is 4.39 Å². The summed E-state index contributed by atoms with van der Waals surface area (Å²) in [6.45, 7) is 2.52. The third-order valence-corrected chi connectivity index (χ3v) is 4.80. The molecule has 2 aromatic heterocycles. The van der Waals surface area contributed by atoms with E-state index >= 15 is 0 Å². The summed E-state index contributed by atoms with van der Waals surface area (Å²) in [7, 11) is 0. The number of hydrogen-bond acceptors (Lipinski definition) is 3. The Morgan fingerprint density at radius 3 is 2.70 bits per heavy atom. The van der Waals surface area contributed by atoms with Crippen LogP contribution in [0.15, 0.2) is 71.3 Å². The first-order valence-corrected chi connectivity index (χ1v) is 8.75. The van der Waals surface area contributed by atoms with Crippen LogP contribution in [-0.4, -0.2) is 14.7 Å². The summed E-state index contributed by atoms with van der Waals surface area (Å²) in [5.74, 6) is 0.524. The lowest BCUT2D eigenvalue weighted by molar-refractivity contribution is 0.450. The van der Waals surface area contributed by atoms with Crippen LogP contribution >= 0.6 is 0 Å². The minimum Gasteiger partial charge on any atom is -0.356 e. The topological polar surface area (TPSA) is 43.9 Å². The highest BCUT2D eigenvalue weighted by Crippen LogP contribution is 2.30. The summed E-state index contributed by atoms with van der Waals surface area (Å²) in [4.78, 5) is 4.79. The Morgan fingerprint density at radius 2 is 1.85 bits per heavy atom. The van der Waals surface area contributed by atoms with Crippen molar-refractivity contribution in [2.75, 3.05) is 0 Å². The molecular formula is C22H16FN3O. The molecular weight excluding hydrogens is 341 g/mol. The van der Waals surface area contributed by atoms with Crippen LogP contribution in [0.2, 0.25) is 0 Å². The van der Waals surface area contributed by atoms with Gasteiger partial charge in [0.2, 0.25) is 0 Å². The molecule has 27 heavy (non-hydrogen) atoms. The predicted octanol–water partition coefficient (Wildman–Crippen LogP) is 5.34. The molecule has 132 valence electrons. The second-order valence-corrected chi connectivity index (χ2v) is 6.62. The highest BCUT2D eigenvalue weighted by molar-refractivity contribution is 5.86. The molecule has 2 heterocycles. The molecule has 0 fully saturated rings. The van der Waals surface area contributed by atoms with Gasteiger partial charge in [0.05, 0.1) is 16.7 Å². The van der Waals surface area contributed by atoms with Gasteiger partial charge in [0, 0.05) is 17.5 Å². The molecule has 0 bridgehead atoms. The highest BCUT2D eigenvalue weighted by Gasteiger charge is 2.15. The maximum absolute atomic E-state index is 13.9. The molecule has 0 aliphatic rings. The first-order chi connectivity index (χ1) is 13.2. The molecule has 0 atom stereocenters. The minimum atomic E-state index is -0.270. The molecule has 0 radical (unpaired) electrons. The SMILES string of the molecule is Cc1noc2ccc(-c3nc4ccc(F)cc4n3Cc3ccccc3)cc12. The van der Waals surface area contributed by atoms with Crippen LogP contribution in [0.5, 0.6) is 0 Å². The van der Waals surface area contributed by atoms with Crippen molar-refractivity contribution in [2.24, 2.45) is 0 Å². The van der Waals surface area contributed by atoms with Crippen LogP contribution in [0.1, 0.15) is 11.3 Å². The van der Waals surface area contributed by atoms with E-state index in [1.807, 2.05) is 43.3 Å². The fourth-order valence-electron chi connectivity index (χ4n) is 3.44. The zero-order valence-electron chi connectivity index (χ0n) is 14.7. The van der Waals surface area contributed by atoms with Crippen molar-refractivity contribution in [3.63, 3.8) is 0 Å². The Balaban J connectivity index is 1.74. The Hall–Kier alpha value is -3.47. The molecule has 4 nitrogen and oxygen atoms in total. The Bertz CT molecular complexity index is 1270. The number of benzene rings is 3. The number of imidazole rings is 1. The van der Waals surface area contributed by atoms with Crippen molar-refractivity contribution >= 4 is 22.0 Å². The predicted molar refractivity (Wildman–Crippen MR) is 103 cm³/mol. The second-order valence-electron chi connectivity index (χ2n) is 6.62. The zero-order chi connectivity index (χ0) is 18.4. The monoisotopic (exact) mass is 357 g/mol. The van der Waals surface area contributed by atoms with Crippen molar-refractivity contribution in [1.29, 1.82) is 0 Å². The van der Waals surface area contributed by atoms with Crippen molar-refractivity contribution in [2.45, 2.75) is 13.5 Å². The van der Waals surface area contributed by atoms with E-state index in [1.54, 1.807) is 6.07 Å². The smallest absolute Gasteiger partial charge is 0.167 e. The van der Waals surface area contributed by atoms with Gasteiger partial charge in [-0.3, -0.25) is 0 Å². The van der Waals surface area contributed by atoms with Gasteiger partial charge < -0.3 is 9.09 Å². The molecule has 3 aromatic carbocycles. The van der Waals surface area contributed by atoms with E-state index < -0.39 is 0 Å². The molecule has 0 N–H and O–H groups in total. The standard InChI is InChI=1S/C22H16FN3O/c1-14-18-11-16(7-10-21(18)27-25-14)22-24-19-9-8-17(23)12-20(19)26(22)13-15-5-3-2-4-6-15/h2-12H,13H2,1H3. The highest BCUT2D eigenvalue weighted by atomic mass is 19.1. The molecule has 0 unspecified atom stereocenters. The van der Waals surface area contributed by atoms with E-state index in [-0.39, 0.29) is 5.82 Å². The molecule has 0 amide bonds. The van der Waals surface area contributed by atoms with Crippen LogP contribution in [0.25, 0.3) is 33.4 Å². The van der Waals surface area contributed by atoms with Gasteiger partial charge in [-0.15, -0.1) is 0 Å². The average Bonchev–Trinajstić information content (AvgIpc) is 3.23. The van der Waals surface area contributed by atoms with Crippen molar-refractivity contribution in [1.82, 2.24) is 14.7 Å². The number of aryl methyl sites for hydroxylation is 1. The van der Waals surface area contributed by atoms with Gasteiger partial charge >= 0.3 is 0 Å². The number of rotatable bonds is 3. The van der Waals surface area contributed by atoms with Crippen LogP contribution in [-0.2, 0) is 6.54 Å². The zero-order valence-corrected chi connectivity index (χ0v) is 14.7. The third kappa shape index (κ3) is 2.68. The average molecular weight is 357 g/mol. The van der Waals surface area contributed by atoms with Gasteiger partial charge in [-0.1, -0.05) is 35.5 Å². The number of hydrogen-bond donors (Lipinski definition) is 0. The maximum Gasteiger partial charge on any atom is 0.167 e. The maximum atomic E-state index is 13.9. The summed E-state index contributed by atoms with van der Waals surface area (Å²) < 4.78 is 21.3. The van der Waals surface area contributed by atoms with Crippen molar-refractivity contribution < 1.29 is 8.91 Å². The lowest BCUT2D eigenvalue weighted by atomic mass is 10.1. The van der Waals surface area contributed by atoms with Gasteiger partial charge in [-0.05, 0) is 48.9 Å². The Kier molecular flexibility index (Phi) is 3.53. The van der Waals surface area contributed by atoms with E-state index in [1.165, 1.54) is 12.1 Å². The van der Waals surface area contributed by atoms with Crippen LogP contribution < -0.4 is 0 Å². The number of aromatic nitrogens is 3. The first kappa shape index (κ1) is 15.8. The molecule has 0 saturated heterocycles. The molecule has 5 rings (SSSR count). The molecule has 5 heteroatoms. The fourth-order valence-corrected chi connectivity index (χ4v) is 3.44. The third-order valence-electron chi connectivity index (χ3n) is 4.80. The molecule has 0 aliphatic heterocycles. The van der Waals surface area contributed by atoms with Gasteiger partial charge in [0.15, 0.2) is 5.58 Å². The lowest BCUT2D eigenvalue weighted by Crippen LogP contribution is -2.02. The summed E-state index contributed by atoms with van der Waals surface area (Å²) in [5.41, 5.74) is 5.20. The Morgan fingerprint density at radius 1 is 1.00 bits per heavy atom. The van der Waals surface area contributed by atoms with E-state index in [4.69, 9.17) is 9.51 Å². The normalized spacial score (nSPS) is 11.5. The Labute approximate surface area is 154 Å². The van der Waals surface area contributed by atoms with Gasteiger partial charge in [0.25, 0.3) is 0 Å². The molecule has 0 spiro atoms. The van der Waals surface area contributed by atoms with Crippen LogP contribution in [0.3, 0.4) is 0 Å². The summed E-state index contributed by atoms with van der Waals surface area (Å²) in [6.07, 6.45) is 0. The summed E-state index contributed by atoms with van der Waals surface area (Å²) >= 11 is 0. The van der Waals surface area contributed by atoms with E-state index in [0.29, 0.717) is 6.54 Å². The molecule has 0 saturated carbocycles. The van der Waals surface area contributed by atoms with Gasteiger partial charge in [-0.2, -0.15) is 0 Å². The minimum absolute atomic E-state index is 0.270. The molecule has 0 aliphatic carbocycles. The molecule has 5 aromatic rings. The van der Waals surface area contributed by atoms with Gasteiger partial charge in [-0.25, -0.2) is 9.37 Å². The van der Waals surface area contributed by atoms with Crippen molar-refractivity contribution in [3.05, 3.63) is 83.8 Å². The lowest BCUT2D eigenvalue weighted by Gasteiger charge is -2.10. The van der Waals surface area contributed by atoms with Crippen LogP contribution in [0, 0.1) is 12.7 Å². The largest absolute Gasteiger partial charge is 0.356 e. The van der Waals surface area contributed by atoms with E-state index in [2.05, 4.69) is 21.9 Å². The summed E-state index contributed by atoms with van der Waals surface area (Å²) in [5, 5.41) is 4.98. The number of fused-ring (bicyclic) bond motifs is 2. The first-order valence-electron chi connectivity index (χ1n) is 8.75. The van der Waals surface area contributed by atoms with Gasteiger partial charge in [0.1, 0.15) is 11.6 Å². The van der Waals surface area contributed by atoms with Crippen LogP contribution in [0.4, 0.5) is 4.39 Å². The second kappa shape index (κ2) is 6.06. The number of halogens is 1. The van der Waals surface area contributed by atoms with Crippen molar-refractivity contribution in [3.8, 4) is 11.4 Å². The quantitative estimate of drug-likeness (QED) is 0.438. The fraction of sp³-hybridized carbons (Fsp3) is 0.0909. The number of nitrogens with zero attached hydrogens (tertiary/aromatic N) is 3. The van der Waals surface area contributed by atoms with E-state index in [0.717, 1.165) is 44.6 Å². The summed E-state index contributed by atoms with van der Waals surface area (Å²) in [6, 6.07) is 20.7.